The van der Waals surface area contributed by atoms with Gasteiger partial charge in [-0.05, 0) is 0 Å². The van der Waals surface area contributed by atoms with Crippen molar-refractivity contribution in [3.05, 3.63) is 0 Å². The summed E-state index contributed by atoms with van der Waals surface area (Å²) in [7, 11) is -6.53. The smallest absolute Gasteiger partial charge is 0.391 e. The molecule has 0 heterocycles. The first-order valence-corrected chi connectivity index (χ1v) is 7.25. The van der Waals surface area contributed by atoms with Gasteiger partial charge in [0.2, 0.25) is 0 Å². The van der Waals surface area contributed by atoms with Crippen LogP contribution >= 0.6 is 11.6 Å². The molecule has 4 nitrogen and oxygen atoms in total. The maximum atomic E-state index is 13.3. The largest absolute Gasteiger partial charge is 0.460 e. The Morgan fingerprint density at radius 3 is 1.70 bits per heavy atom. The van der Waals surface area contributed by atoms with Crippen molar-refractivity contribution in [3.63, 3.8) is 0 Å². The summed E-state index contributed by atoms with van der Waals surface area (Å²) in [5.41, 5.74) is 0. The summed E-state index contributed by atoms with van der Waals surface area (Å²) in [5.74, 6) is -15.4. The van der Waals surface area contributed by atoms with Crippen LogP contribution in [-0.4, -0.2) is 66.7 Å². The number of aliphatic hydroxyl groups excluding tert-OH is 1. The van der Waals surface area contributed by atoms with E-state index < -0.39 is 56.1 Å². The third-order valence-electron chi connectivity index (χ3n) is 2.50. The molecule has 0 spiro atoms. The van der Waals surface area contributed by atoms with E-state index in [0.29, 0.717) is 0 Å². The molecule has 0 aromatic rings. The molecular formula is C8H9ClF9NO3S. The van der Waals surface area contributed by atoms with E-state index in [1.165, 1.54) is 0 Å². The first-order chi connectivity index (χ1) is 9.88. The Hall–Kier alpha value is -0.470. The lowest BCUT2D eigenvalue weighted by Crippen LogP contribution is -2.65. The van der Waals surface area contributed by atoms with Gasteiger partial charge < -0.3 is 5.11 Å². The van der Waals surface area contributed by atoms with Crippen molar-refractivity contribution >= 4 is 21.6 Å². The van der Waals surface area contributed by atoms with E-state index in [0.717, 1.165) is 0 Å². The molecule has 15 heteroatoms. The quantitative estimate of drug-likeness (QED) is 0.522. The van der Waals surface area contributed by atoms with Crippen LogP contribution in [0.25, 0.3) is 0 Å². The Morgan fingerprint density at radius 1 is 1.00 bits per heavy atom. The van der Waals surface area contributed by atoms with Gasteiger partial charge in [0.05, 0.1) is 6.10 Å². The van der Waals surface area contributed by atoms with E-state index >= 15 is 0 Å². The maximum absolute atomic E-state index is 13.3. The average Bonchev–Trinajstić information content (AvgIpc) is 2.36. The lowest BCUT2D eigenvalue weighted by molar-refractivity contribution is -0.382. The summed E-state index contributed by atoms with van der Waals surface area (Å²) in [5, 5.41) is 2.13. The van der Waals surface area contributed by atoms with E-state index in [2.05, 4.69) is 0 Å². The van der Waals surface area contributed by atoms with E-state index in [1.54, 1.807) is 0 Å². The van der Waals surface area contributed by atoms with Crippen molar-refractivity contribution in [2.24, 2.45) is 0 Å². The predicted octanol–water partition coefficient (Wildman–Crippen LogP) is 2.27. The van der Waals surface area contributed by atoms with Gasteiger partial charge in [0.1, 0.15) is 0 Å². The fourth-order valence-corrected chi connectivity index (χ4v) is 2.47. The SMILES string of the molecule is CN(CC(O)CCl)S(=O)(=O)C(F)(F)C(F)(F)C(F)(F)C(F)(F)F. The molecule has 1 unspecified atom stereocenters. The summed E-state index contributed by atoms with van der Waals surface area (Å²) >= 11 is 5.01. The highest BCUT2D eigenvalue weighted by Gasteiger charge is 2.85. The van der Waals surface area contributed by atoms with Gasteiger partial charge in [0, 0.05) is 19.5 Å². The predicted molar refractivity (Wildman–Crippen MR) is 59.2 cm³/mol. The normalized spacial score (nSPS) is 16.7. The highest BCUT2D eigenvalue weighted by Crippen LogP contribution is 2.55. The molecule has 0 saturated heterocycles. The Kier molecular flexibility index (Phi) is 6.31. The molecule has 23 heavy (non-hydrogen) atoms. The second-order valence-corrected chi connectivity index (χ2v) is 6.65. The number of rotatable bonds is 7. The number of alkyl halides is 10. The third-order valence-corrected chi connectivity index (χ3v) is 4.73. The topological polar surface area (TPSA) is 57.6 Å². The number of sulfonamides is 1. The minimum Gasteiger partial charge on any atom is -0.391 e. The van der Waals surface area contributed by atoms with Crippen LogP contribution in [0.15, 0.2) is 0 Å². The van der Waals surface area contributed by atoms with E-state index in [-0.39, 0.29) is 7.05 Å². The Balaban J connectivity index is 5.95. The molecule has 0 bridgehead atoms. The van der Waals surface area contributed by atoms with Crippen LogP contribution in [0.2, 0.25) is 0 Å². The minimum absolute atomic E-state index is 0.167. The number of halogens is 10. The summed E-state index contributed by atoms with van der Waals surface area (Å²) < 4.78 is 135. The molecular weight excluding hydrogens is 397 g/mol. The number of likely N-dealkylation sites (N-methyl/N-ethyl adjacent to an activating group) is 1. The fourth-order valence-electron chi connectivity index (χ4n) is 1.16. The van der Waals surface area contributed by atoms with Crippen molar-refractivity contribution in [2.75, 3.05) is 19.5 Å². The van der Waals surface area contributed by atoms with E-state index in [9.17, 15) is 47.9 Å². The molecule has 0 rings (SSSR count). The standard InChI is InChI=1S/C8H9ClF9NO3S/c1-19(3-4(20)2-9)23(21,22)8(17,18)6(12,13)5(10,11)7(14,15)16/h4,20H,2-3H2,1H3. The van der Waals surface area contributed by atoms with Gasteiger partial charge in [-0.2, -0.15) is 43.8 Å². The second kappa shape index (κ2) is 6.44. The van der Waals surface area contributed by atoms with Crippen molar-refractivity contribution in [1.82, 2.24) is 4.31 Å². The van der Waals surface area contributed by atoms with Crippen LogP contribution in [0.1, 0.15) is 0 Å². The van der Waals surface area contributed by atoms with Gasteiger partial charge in [0.15, 0.2) is 0 Å². The summed E-state index contributed by atoms with van der Waals surface area (Å²) in [6, 6.07) is 0. The summed E-state index contributed by atoms with van der Waals surface area (Å²) in [6.45, 7) is -1.34. The fraction of sp³-hybridized carbons (Fsp3) is 1.00. The van der Waals surface area contributed by atoms with Crippen LogP contribution in [0.5, 0.6) is 0 Å². The van der Waals surface area contributed by atoms with Crippen molar-refractivity contribution in [1.29, 1.82) is 0 Å². The Labute approximate surface area is 128 Å². The molecule has 0 aromatic heterocycles. The van der Waals surface area contributed by atoms with Crippen molar-refractivity contribution in [2.45, 2.75) is 29.4 Å². The molecule has 140 valence electrons. The highest BCUT2D eigenvalue weighted by molar-refractivity contribution is 7.90. The zero-order valence-corrected chi connectivity index (χ0v) is 12.5. The minimum atomic E-state index is -7.33. The monoisotopic (exact) mass is 405 g/mol. The van der Waals surface area contributed by atoms with Gasteiger partial charge in [-0.25, -0.2) is 8.42 Å². The Morgan fingerprint density at radius 2 is 1.39 bits per heavy atom. The molecule has 0 fully saturated rings. The second-order valence-electron chi connectivity index (χ2n) is 4.26. The van der Waals surface area contributed by atoms with E-state index in [1.807, 2.05) is 0 Å². The number of aliphatic hydroxyl groups is 1. The molecule has 0 aliphatic heterocycles. The summed E-state index contributed by atoms with van der Waals surface area (Å²) in [6.07, 6.45) is -8.99. The number of nitrogens with zero attached hydrogens (tertiary/aromatic N) is 1. The lowest BCUT2D eigenvalue weighted by atomic mass is 10.1. The molecule has 0 radical (unpaired) electrons. The molecule has 1 N–H and O–H groups in total. The zero-order valence-electron chi connectivity index (χ0n) is 10.9. The first kappa shape index (κ1) is 22.5. The molecule has 0 aliphatic carbocycles. The molecule has 0 aromatic carbocycles. The van der Waals surface area contributed by atoms with Crippen LogP contribution in [-0.2, 0) is 10.0 Å². The molecule has 0 aliphatic rings. The number of hydrogen-bond acceptors (Lipinski definition) is 3. The maximum Gasteiger partial charge on any atom is 0.460 e. The Bertz CT molecular complexity index is 521. The lowest BCUT2D eigenvalue weighted by Gasteiger charge is -2.35. The summed E-state index contributed by atoms with van der Waals surface area (Å²) in [4.78, 5) is 0. The molecule has 1 atom stereocenters. The van der Waals surface area contributed by atoms with Crippen LogP contribution in [0.3, 0.4) is 0 Å². The van der Waals surface area contributed by atoms with Gasteiger partial charge in [-0.15, -0.1) is 11.6 Å². The van der Waals surface area contributed by atoms with Gasteiger partial charge >= 0.3 is 23.3 Å². The zero-order chi connectivity index (χ0) is 19.1. The molecule has 0 saturated carbocycles. The van der Waals surface area contributed by atoms with Crippen LogP contribution < -0.4 is 0 Å². The van der Waals surface area contributed by atoms with Crippen LogP contribution in [0, 0.1) is 0 Å². The van der Waals surface area contributed by atoms with Gasteiger partial charge in [0.25, 0.3) is 10.0 Å². The number of hydrogen-bond donors (Lipinski definition) is 1. The van der Waals surface area contributed by atoms with E-state index in [4.69, 9.17) is 16.7 Å². The third kappa shape index (κ3) is 3.64. The van der Waals surface area contributed by atoms with Gasteiger partial charge in [-0.1, -0.05) is 0 Å². The van der Waals surface area contributed by atoms with Crippen molar-refractivity contribution < 1.29 is 53.0 Å². The molecule has 0 amide bonds. The van der Waals surface area contributed by atoms with Gasteiger partial charge in [-0.3, -0.25) is 0 Å². The highest BCUT2D eigenvalue weighted by atomic mass is 35.5. The first-order valence-electron chi connectivity index (χ1n) is 5.28. The van der Waals surface area contributed by atoms with Crippen molar-refractivity contribution in [3.8, 4) is 0 Å². The van der Waals surface area contributed by atoms with Crippen LogP contribution in [0.4, 0.5) is 39.5 Å². The average molecular weight is 406 g/mol.